The first-order valence-electron chi connectivity index (χ1n) is 6.79. The largest absolute Gasteiger partial charge is 0.463 e. The molecule has 3 aromatic heterocycles. The van der Waals surface area contributed by atoms with Crippen LogP contribution in [0.15, 0.2) is 29.0 Å². The first-order chi connectivity index (χ1) is 10.2. The number of carbonyl (C=O) groups is 1. The zero-order chi connectivity index (χ0) is 14.4. The van der Waals surface area contributed by atoms with Crippen LogP contribution in [0.3, 0.4) is 0 Å². The molecule has 0 atom stereocenters. The SMILES string of the molecule is Nc1nc2c(-c3ccco3)nc(CC(=O)C3CC3)cn2n1. The van der Waals surface area contributed by atoms with Gasteiger partial charge in [0.1, 0.15) is 5.78 Å². The third-order valence-corrected chi connectivity index (χ3v) is 3.53. The molecule has 1 aliphatic carbocycles. The number of aromatic nitrogens is 4. The van der Waals surface area contributed by atoms with Crippen molar-refractivity contribution < 1.29 is 9.21 Å². The van der Waals surface area contributed by atoms with Gasteiger partial charge in [0.25, 0.3) is 0 Å². The van der Waals surface area contributed by atoms with Crippen LogP contribution < -0.4 is 5.73 Å². The maximum atomic E-state index is 12.0. The Labute approximate surface area is 119 Å². The van der Waals surface area contributed by atoms with Crippen molar-refractivity contribution in [3.8, 4) is 11.5 Å². The lowest BCUT2D eigenvalue weighted by Gasteiger charge is -2.04. The van der Waals surface area contributed by atoms with E-state index in [2.05, 4.69) is 15.1 Å². The summed E-state index contributed by atoms with van der Waals surface area (Å²) < 4.78 is 6.94. The standard InChI is InChI=1S/C14H13N5O2/c15-14-17-13-12(11-2-1-5-21-11)16-9(7-19(13)18-14)6-10(20)8-3-4-8/h1-2,5,7-8H,3-4,6H2,(H2,15,18). The van der Waals surface area contributed by atoms with Crippen molar-refractivity contribution in [1.29, 1.82) is 0 Å². The topological polar surface area (TPSA) is 99.3 Å². The monoisotopic (exact) mass is 283 g/mol. The van der Waals surface area contributed by atoms with Gasteiger partial charge in [-0.05, 0) is 25.0 Å². The molecule has 106 valence electrons. The predicted octanol–water partition coefficient (Wildman–Crippen LogP) is 1.49. The molecule has 0 saturated heterocycles. The van der Waals surface area contributed by atoms with Crippen LogP contribution in [0.4, 0.5) is 5.95 Å². The van der Waals surface area contributed by atoms with Crippen molar-refractivity contribution in [2.24, 2.45) is 5.92 Å². The van der Waals surface area contributed by atoms with E-state index in [1.54, 1.807) is 29.1 Å². The van der Waals surface area contributed by atoms with E-state index in [0.29, 0.717) is 29.2 Å². The summed E-state index contributed by atoms with van der Waals surface area (Å²) in [5, 5.41) is 4.10. The Hall–Kier alpha value is -2.70. The van der Waals surface area contributed by atoms with Gasteiger partial charge in [0.2, 0.25) is 5.95 Å². The smallest absolute Gasteiger partial charge is 0.240 e. The molecule has 4 rings (SSSR count). The number of Topliss-reactive ketones (excluding diaryl/α,β-unsaturated/α-hetero) is 1. The van der Waals surface area contributed by atoms with E-state index in [9.17, 15) is 4.79 Å². The minimum absolute atomic E-state index is 0.162. The summed E-state index contributed by atoms with van der Waals surface area (Å²) >= 11 is 0. The van der Waals surface area contributed by atoms with Crippen molar-refractivity contribution in [3.05, 3.63) is 30.3 Å². The lowest BCUT2D eigenvalue weighted by Crippen LogP contribution is -2.08. The van der Waals surface area contributed by atoms with Crippen molar-refractivity contribution in [3.63, 3.8) is 0 Å². The van der Waals surface area contributed by atoms with Gasteiger partial charge in [0, 0.05) is 5.92 Å². The second-order valence-electron chi connectivity index (χ2n) is 5.21. The quantitative estimate of drug-likeness (QED) is 0.778. The van der Waals surface area contributed by atoms with E-state index in [1.165, 1.54) is 0 Å². The number of fused-ring (bicyclic) bond motifs is 1. The number of carbonyl (C=O) groups excluding carboxylic acids is 1. The lowest BCUT2D eigenvalue weighted by molar-refractivity contribution is -0.119. The highest BCUT2D eigenvalue weighted by molar-refractivity contribution is 5.85. The van der Waals surface area contributed by atoms with E-state index in [-0.39, 0.29) is 17.6 Å². The van der Waals surface area contributed by atoms with Crippen molar-refractivity contribution in [1.82, 2.24) is 19.6 Å². The molecule has 1 fully saturated rings. The van der Waals surface area contributed by atoms with Crippen LogP contribution in [0.25, 0.3) is 17.1 Å². The molecule has 1 aliphatic rings. The summed E-state index contributed by atoms with van der Waals surface area (Å²) in [5.41, 5.74) is 7.37. The highest BCUT2D eigenvalue weighted by Gasteiger charge is 2.29. The Morgan fingerprint density at radius 3 is 3.00 bits per heavy atom. The second kappa shape index (κ2) is 4.41. The first-order valence-corrected chi connectivity index (χ1v) is 6.79. The fourth-order valence-electron chi connectivity index (χ4n) is 2.35. The maximum absolute atomic E-state index is 12.0. The number of nitrogen functional groups attached to an aromatic ring is 1. The fourth-order valence-corrected chi connectivity index (χ4v) is 2.35. The van der Waals surface area contributed by atoms with E-state index >= 15 is 0 Å². The molecule has 0 radical (unpaired) electrons. The predicted molar refractivity (Wildman–Crippen MR) is 74.3 cm³/mol. The summed E-state index contributed by atoms with van der Waals surface area (Å²) in [6, 6.07) is 3.56. The van der Waals surface area contributed by atoms with Crippen LogP contribution >= 0.6 is 0 Å². The van der Waals surface area contributed by atoms with Gasteiger partial charge in [0.05, 0.1) is 24.6 Å². The molecule has 0 unspecified atom stereocenters. The highest BCUT2D eigenvalue weighted by Crippen LogP contribution is 2.31. The molecule has 0 amide bonds. The van der Waals surface area contributed by atoms with Gasteiger partial charge in [-0.15, -0.1) is 5.10 Å². The molecule has 7 heteroatoms. The molecule has 0 spiro atoms. The number of rotatable bonds is 4. The molecule has 3 aromatic rings. The molecule has 1 saturated carbocycles. The van der Waals surface area contributed by atoms with Gasteiger partial charge < -0.3 is 10.2 Å². The summed E-state index contributed by atoms with van der Waals surface area (Å²) in [4.78, 5) is 20.7. The first kappa shape index (κ1) is 12.1. The average Bonchev–Trinajstić information content (AvgIpc) is 3.03. The molecule has 0 aliphatic heterocycles. The summed E-state index contributed by atoms with van der Waals surface area (Å²) in [6.45, 7) is 0. The Morgan fingerprint density at radius 1 is 1.43 bits per heavy atom. The van der Waals surface area contributed by atoms with Crippen LogP contribution in [-0.2, 0) is 11.2 Å². The molecule has 2 N–H and O–H groups in total. The van der Waals surface area contributed by atoms with Crippen LogP contribution in [0.2, 0.25) is 0 Å². The zero-order valence-corrected chi connectivity index (χ0v) is 11.2. The van der Waals surface area contributed by atoms with E-state index in [0.717, 1.165) is 12.8 Å². The van der Waals surface area contributed by atoms with Crippen molar-refractivity contribution >= 4 is 17.4 Å². The molecular formula is C14H13N5O2. The molecule has 21 heavy (non-hydrogen) atoms. The Morgan fingerprint density at radius 2 is 2.29 bits per heavy atom. The minimum atomic E-state index is 0.162. The summed E-state index contributed by atoms with van der Waals surface area (Å²) in [6.07, 6.45) is 5.54. The Bertz CT molecular complexity index is 817. The third-order valence-electron chi connectivity index (χ3n) is 3.53. The Kier molecular flexibility index (Phi) is 2.53. The normalized spacial score (nSPS) is 14.7. The number of nitrogens with zero attached hydrogens (tertiary/aromatic N) is 4. The molecular weight excluding hydrogens is 270 g/mol. The van der Waals surface area contributed by atoms with Gasteiger partial charge in [-0.3, -0.25) is 4.79 Å². The lowest BCUT2D eigenvalue weighted by atomic mass is 10.1. The van der Waals surface area contributed by atoms with E-state index < -0.39 is 0 Å². The van der Waals surface area contributed by atoms with Gasteiger partial charge >= 0.3 is 0 Å². The molecule has 0 aromatic carbocycles. The Balaban J connectivity index is 1.82. The van der Waals surface area contributed by atoms with Crippen molar-refractivity contribution in [2.45, 2.75) is 19.3 Å². The number of nitrogens with two attached hydrogens (primary N) is 1. The third kappa shape index (κ3) is 2.16. The van der Waals surface area contributed by atoms with E-state index in [1.807, 2.05) is 0 Å². The summed E-state index contributed by atoms with van der Waals surface area (Å²) in [7, 11) is 0. The van der Waals surface area contributed by atoms with Crippen LogP contribution in [-0.4, -0.2) is 25.4 Å². The van der Waals surface area contributed by atoms with Crippen LogP contribution in [0.5, 0.6) is 0 Å². The van der Waals surface area contributed by atoms with Crippen molar-refractivity contribution in [2.75, 3.05) is 5.73 Å². The second-order valence-corrected chi connectivity index (χ2v) is 5.21. The highest BCUT2D eigenvalue weighted by atomic mass is 16.3. The van der Waals surface area contributed by atoms with Crippen LogP contribution in [0.1, 0.15) is 18.5 Å². The number of hydrogen-bond donors (Lipinski definition) is 1. The fraction of sp³-hybridized carbons (Fsp3) is 0.286. The molecule has 7 nitrogen and oxygen atoms in total. The number of ketones is 1. The summed E-state index contributed by atoms with van der Waals surface area (Å²) in [5.74, 6) is 1.17. The minimum Gasteiger partial charge on any atom is -0.463 e. The number of hydrogen-bond acceptors (Lipinski definition) is 6. The van der Waals surface area contributed by atoms with Crippen LogP contribution in [0, 0.1) is 5.92 Å². The number of furan rings is 1. The van der Waals surface area contributed by atoms with Gasteiger partial charge in [-0.2, -0.15) is 4.98 Å². The van der Waals surface area contributed by atoms with E-state index in [4.69, 9.17) is 10.2 Å². The molecule has 0 bridgehead atoms. The zero-order valence-electron chi connectivity index (χ0n) is 11.2. The maximum Gasteiger partial charge on any atom is 0.240 e. The van der Waals surface area contributed by atoms with Gasteiger partial charge in [-0.25, -0.2) is 9.50 Å². The number of anilines is 1. The van der Waals surface area contributed by atoms with Gasteiger partial charge in [-0.1, -0.05) is 0 Å². The van der Waals surface area contributed by atoms with Gasteiger partial charge in [0.15, 0.2) is 17.1 Å². The molecule has 3 heterocycles. The average molecular weight is 283 g/mol.